The van der Waals surface area contributed by atoms with E-state index in [2.05, 4.69) is 12.1 Å². The van der Waals surface area contributed by atoms with Gasteiger partial charge in [-0.05, 0) is 50.3 Å². The second-order valence-corrected chi connectivity index (χ2v) is 6.36. The molecule has 0 saturated heterocycles. The maximum atomic E-state index is 6.67. The summed E-state index contributed by atoms with van der Waals surface area (Å²) < 4.78 is 5.67. The normalized spacial score (nSPS) is 19.2. The topological polar surface area (TPSA) is 9.23 Å². The summed E-state index contributed by atoms with van der Waals surface area (Å²) in [6.45, 7) is 4.09. The molecule has 0 N–H and O–H groups in total. The molecule has 1 aliphatic rings. The standard InChI is InChI=1S/C17H25ClO/c1-13(2)19-16-11-9-15(10-12-16)17(18)14-7-5-3-4-6-8-14/h9-14,17H,3-8H2,1-2H3. The minimum atomic E-state index is 0.159. The molecule has 0 bridgehead atoms. The molecular weight excluding hydrogens is 256 g/mol. The van der Waals surface area contributed by atoms with Crippen molar-refractivity contribution in [3.05, 3.63) is 29.8 Å². The van der Waals surface area contributed by atoms with Gasteiger partial charge in [0, 0.05) is 0 Å². The van der Waals surface area contributed by atoms with Crippen molar-refractivity contribution in [1.82, 2.24) is 0 Å². The van der Waals surface area contributed by atoms with Gasteiger partial charge in [0.2, 0.25) is 0 Å². The van der Waals surface area contributed by atoms with E-state index in [4.69, 9.17) is 16.3 Å². The molecule has 0 radical (unpaired) electrons. The molecule has 1 atom stereocenters. The van der Waals surface area contributed by atoms with Crippen LogP contribution in [0.1, 0.15) is 63.3 Å². The third-order valence-corrected chi connectivity index (χ3v) is 4.49. The van der Waals surface area contributed by atoms with Gasteiger partial charge in [0.05, 0.1) is 11.5 Å². The summed E-state index contributed by atoms with van der Waals surface area (Å²) in [7, 11) is 0. The number of hydrogen-bond donors (Lipinski definition) is 0. The van der Waals surface area contributed by atoms with E-state index >= 15 is 0 Å². The lowest BCUT2D eigenvalue weighted by Gasteiger charge is -2.21. The van der Waals surface area contributed by atoms with Crippen molar-refractivity contribution in [3.8, 4) is 5.75 Å². The zero-order chi connectivity index (χ0) is 13.7. The van der Waals surface area contributed by atoms with Crippen molar-refractivity contribution >= 4 is 11.6 Å². The summed E-state index contributed by atoms with van der Waals surface area (Å²) in [5.74, 6) is 1.57. The second-order valence-electron chi connectivity index (χ2n) is 5.89. The van der Waals surface area contributed by atoms with Crippen LogP contribution in [0.5, 0.6) is 5.75 Å². The molecule has 1 aromatic rings. The Morgan fingerprint density at radius 2 is 1.58 bits per heavy atom. The molecule has 1 unspecified atom stereocenters. The first-order valence-electron chi connectivity index (χ1n) is 7.57. The largest absolute Gasteiger partial charge is 0.491 e. The van der Waals surface area contributed by atoms with E-state index in [1.807, 2.05) is 26.0 Å². The molecular formula is C17H25ClO. The van der Waals surface area contributed by atoms with E-state index in [1.54, 1.807) is 0 Å². The first-order valence-corrected chi connectivity index (χ1v) is 8.01. The Balaban J connectivity index is 1.99. The minimum Gasteiger partial charge on any atom is -0.491 e. The van der Waals surface area contributed by atoms with Gasteiger partial charge in [-0.3, -0.25) is 0 Å². The van der Waals surface area contributed by atoms with E-state index in [9.17, 15) is 0 Å². The van der Waals surface area contributed by atoms with Crippen LogP contribution in [0.15, 0.2) is 24.3 Å². The van der Waals surface area contributed by atoms with Crippen molar-refractivity contribution < 1.29 is 4.74 Å². The van der Waals surface area contributed by atoms with E-state index in [-0.39, 0.29) is 11.5 Å². The molecule has 106 valence electrons. The summed E-state index contributed by atoms with van der Waals surface area (Å²) in [4.78, 5) is 0. The number of ether oxygens (including phenoxy) is 1. The average molecular weight is 281 g/mol. The van der Waals surface area contributed by atoms with Crippen LogP contribution < -0.4 is 4.74 Å². The van der Waals surface area contributed by atoms with Crippen LogP contribution in [0, 0.1) is 5.92 Å². The first kappa shape index (κ1) is 14.7. The molecule has 1 aliphatic carbocycles. The number of alkyl halides is 1. The van der Waals surface area contributed by atoms with Gasteiger partial charge in [0.1, 0.15) is 5.75 Å². The Bertz CT molecular complexity index is 363. The Morgan fingerprint density at radius 3 is 2.11 bits per heavy atom. The Morgan fingerprint density at radius 1 is 1.00 bits per heavy atom. The quantitative estimate of drug-likeness (QED) is 0.506. The highest BCUT2D eigenvalue weighted by Crippen LogP contribution is 2.38. The minimum absolute atomic E-state index is 0.159. The molecule has 1 saturated carbocycles. The molecule has 0 aliphatic heterocycles. The molecule has 0 amide bonds. The molecule has 1 fully saturated rings. The lowest BCUT2D eigenvalue weighted by atomic mass is 9.92. The molecule has 2 rings (SSSR count). The summed E-state index contributed by atoms with van der Waals surface area (Å²) in [5.41, 5.74) is 1.24. The van der Waals surface area contributed by atoms with Crippen molar-refractivity contribution in [2.75, 3.05) is 0 Å². The fourth-order valence-electron chi connectivity index (χ4n) is 2.88. The van der Waals surface area contributed by atoms with Crippen LogP contribution in [-0.2, 0) is 0 Å². The van der Waals surface area contributed by atoms with Crippen molar-refractivity contribution in [2.45, 2.75) is 63.9 Å². The highest BCUT2D eigenvalue weighted by Gasteiger charge is 2.22. The van der Waals surface area contributed by atoms with Gasteiger partial charge in [-0.15, -0.1) is 11.6 Å². The number of rotatable bonds is 4. The van der Waals surface area contributed by atoms with E-state index in [0.717, 1.165) is 5.75 Å². The first-order chi connectivity index (χ1) is 9.16. The van der Waals surface area contributed by atoms with Crippen LogP contribution in [0.3, 0.4) is 0 Å². The third kappa shape index (κ3) is 4.42. The summed E-state index contributed by atoms with van der Waals surface area (Å²) in [6.07, 6.45) is 8.20. The fraction of sp³-hybridized carbons (Fsp3) is 0.647. The van der Waals surface area contributed by atoms with E-state index in [1.165, 1.54) is 44.1 Å². The van der Waals surface area contributed by atoms with Crippen molar-refractivity contribution in [2.24, 2.45) is 5.92 Å². The van der Waals surface area contributed by atoms with Crippen molar-refractivity contribution in [1.29, 1.82) is 0 Å². The lowest BCUT2D eigenvalue weighted by Crippen LogP contribution is -2.08. The molecule has 0 spiro atoms. The van der Waals surface area contributed by atoms with Gasteiger partial charge in [0.25, 0.3) is 0 Å². The lowest BCUT2D eigenvalue weighted by molar-refractivity contribution is 0.242. The fourth-order valence-corrected chi connectivity index (χ4v) is 3.28. The Kier molecular flexibility index (Phi) is 5.57. The van der Waals surface area contributed by atoms with Crippen LogP contribution in [0.4, 0.5) is 0 Å². The number of halogens is 1. The Labute approximate surface area is 122 Å². The van der Waals surface area contributed by atoms with Crippen molar-refractivity contribution in [3.63, 3.8) is 0 Å². The maximum Gasteiger partial charge on any atom is 0.119 e. The van der Waals surface area contributed by atoms with Gasteiger partial charge in [-0.1, -0.05) is 37.8 Å². The van der Waals surface area contributed by atoms with Gasteiger partial charge >= 0.3 is 0 Å². The summed E-state index contributed by atoms with van der Waals surface area (Å²) in [5, 5.41) is 0.159. The SMILES string of the molecule is CC(C)Oc1ccc(C(Cl)C2CCCCCC2)cc1. The maximum absolute atomic E-state index is 6.67. The molecule has 19 heavy (non-hydrogen) atoms. The summed E-state index contributed by atoms with van der Waals surface area (Å²) >= 11 is 6.67. The van der Waals surface area contributed by atoms with E-state index < -0.39 is 0 Å². The van der Waals surface area contributed by atoms with Crippen LogP contribution in [0.2, 0.25) is 0 Å². The number of benzene rings is 1. The smallest absolute Gasteiger partial charge is 0.119 e. The summed E-state index contributed by atoms with van der Waals surface area (Å²) in [6, 6.07) is 8.34. The third-order valence-electron chi connectivity index (χ3n) is 3.88. The zero-order valence-electron chi connectivity index (χ0n) is 12.1. The zero-order valence-corrected chi connectivity index (χ0v) is 12.8. The predicted molar refractivity (Wildman–Crippen MR) is 82.0 cm³/mol. The van der Waals surface area contributed by atoms with Gasteiger partial charge < -0.3 is 4.74 Å². The second kappa shape index (κ2) is 7.19. The molecule has 0 aromatic heterocycles. The van der Waals surface area contributed by atoms with Gasteiger partial charge in [0.15, 0.2) is 0 Å². The molecule has 1 aromatic carbocycles. The molecule has 0 heterocycles. The van der Waals surface area contributed by atoms with Crippen LogP contribution >= 0.6 is 11.6 Å². The predicted octanol–water partition coefficient (Wildman–Crippen LogP) is 5.72. The average Bonchev–Trinajstić information content (AvgIpc) is 2.67. The van der Waals surface area contributed by atoms with Crippen LogP contribution in [-0.4, -0.2) is 6.10 Å². The van der Waals surface area contributed by atoms with Gasteiger partial charge in [-0.25, -0.2) is 0 Å². The highest BCUT2D eigenvalue weighted by molar-refractivity contribution is 6.21. The number of hydrogen-bond acceptors (Lipinski definition) is 1. The highest BCUT2D eigenvalue weighted by atomic mass is 35.5. The van der Waals surface area contributed by atoms with E-state index in [0.29, 0.717) is 5.92 Å². The monoisotopic (exact) mass is 280 g/mol. The Hall–Kier alpha value is -0.690. The van der Waals surface area contributed by atoms with Crippen LogP contribution in [0.25, 0.3) is 0 Å². The molecule has 1 nitrogen and oxygen atoms in total. The molecule has 2 heteroatoms. The van der Waals surface area contributed by atoms with Gasteiger partial charge in [-0.2, -0.15) is 0 Å².